The van der Waals surface area contributed by atoms with Crippen LogP contribution >= 0.6 is 0 Å². The fourth-order valence-corrected chi connectivity index (χ4v) is 1.58. The van der Waals surface area contributed by atoms with Crippen LogP contribution in [0.2, 0.25) is 0 Å². The van der Waals surface area contributed by atoms with Crippen LogP contribution in [0.15, 0.2) is 11.6 Å². The minimum atomic E-state index is -0.475. The van der Waals surface area contributed by atoms with Crippen LogP contribution in [0.5, 0.6) is 0 Å². The van der Waals surface area contributed by atoms with E-state index < -0.39 is 11.8 Å². The highest BCUT2D eigenvalue weighted by atomic mass is 16.2. The smallest absolute Gasteiger partial charge is 0.261 e. The molecule has 0 saturated carbocycles. The standard InChI is InChI=1S/C8H14N4O2/c9-11-7(13)5-3-1-2-4-6(5)8(14)12-10/h3,6H,1-2,4,9-10H2,(H,11,13)(H,12,14). The molecular weight excluding hydrogens is 184 g/mol. The molecule has 6 N–H and O–H groups in total. The first-order valence-electron chi connectivity index (χ1n) is 4.42. The number of amides is 2. The molecule has 0 radical (unpaired) electrons. The molecule has 1 rings (SSSR count). The van der Waals surface area contributed by atoms with Crippen molar-refractivity contribution in [1.29, 1.82) is 0 Å². The Bertz CT molecular complexity index is 275. The molecule has 1 aliphatic rings. The zero-order chi connectivity index (χ0) is 10.6. The summed E-state index contributed by atoms with van der Waals surface area (Å²) < 4.78 is 0. The summed E-state index contributed by atoms with van der Waals surface area (Å²) in [7, 11) is 0. The summed E-state index contributed by atoms with van der Waals surface area (Å²) in [5.41, 5.74) is 4.46. The van der Waals surface area contributed by atoms with E-state index in [1.54, 1.807) is 6.08 Å². The third kappa shape index (κ3) is 2.09. The molecule has 6 nitrogen and oxygen atoms in total. The second-order valence-electron chi connectivity index (χ2n) is 3.13. The first-order chi connectivity index (χ1) is 6.70. The van der Waals surface area contributed by atoms with E-state index in [1.165, 1.54) is 0 Å². The monoisotopic (exact) mass is 198 g/mol. The van der Waals surface area contributed by atoms with Crippen LogP contribution in [0, 0.1) is 5.92 Å². The molecule has 0 fully saturated rings. The van der Waals surface area contributed by atoms with Crippen molar-refractivity contribution in [3.8, 4) is 0 Å². The average Bonchev–Trinajstić information content (AvgIpc) is 2.27. The van der Waals surface area contributed by atoms with Crippen molar-refractivity contribution in [2.24, 2.45) is 17.6 Å². The number of carbonyl (C=O) groups is 2. The van der Waals surface area contributed by atoms with Gasteiger partial charge in [-0.2, -0.15) is 0 Å². The molecule has 1 aliphatic carbocycles. The largest absolute Gasteiger partial charge is 0.294 e. The Balaban J connectivity index is 2.82. The number of nitrogens with one attached hydrogen (secondary N) is 2. The van der Waals surface area contributed by atoms with Gasteiger partial charge in [-0.05, 0) is 19.3 Å². The zero-order valence-electron chi connectivity index (χ0n) is 7.75. The Kier molecular flexibility index (Phi) is 3.61. The maximum absolute atomic E-state index is 11.3. The molecule has 0 aromatic rings. The Labute approximate surface area is 81.6 Å². The van der Waals surface area contributed by atoms with Gasteiger partial charge in [-0.1, -0.05) is 6.08 Å². The van der Waals surface area contributed by atoms with Gasteiger partial charge in [0.05, 0.1) is 5.92 Å². The van der Waals surface area contributed by atoms with E-state index in [0.29, 0.717) is 12.0 Å². The molecule has 1 atom stereocenters. The van der Waals surface area contributed by atoms with E-state index >= 15 is 0 Å². The molecule has 6 heteroatoms. The van der Waals surface area contributed by atoms with Crippen molar-refractivity contribution in [1.82, 2.24) is 10.9 Å². The van der Waals surface area contributed by atoms with Crippen molar-refractivity contribution in [2.45, 2.75) is 19.3 Å². The number of allylic oxidation sites excluding steroid dienone is 1. The van der Waals surface area contributed by atoms with Crippen LogP contribution in [-0.2, 0) is 9.59 Å². The van der Waals surface area contributed by atoms with Gasteiger partial charge < -0.3 is 0 Å². The zero-order valence-corrected chi connectivity index (χ0v) is 7.75. The molecule has 0 aromatic heterocycles. The lowest BCUT2D eigenvalue weighted by Crippen LogP contribution is -2.42. The van der Waals surface area contributed by atoms with E-state index in [9.17, 15) is 9.59 Å². The van der Waals surface area contributed by atoms with Gasteiger partial charge in [-0.15, -0.1) is 0 Å². The molecule has 2 amide bonds. The second kappa shape index (κ2) is 4.73. The van der Waals surface area contributed by atoms with Gasteiger partial charge in [0, 0.05) is 5.57 Å². The van der Waals surface area contributed by atoms with Gasteiger partial charge in [-0.3, -0.25) is 20.4 Å². The topological polar surface area (TPSA) is 110 Å². The molecule has 1 unspecified atom stereocenters. The quantitative estimate of drug-likeness (QED) is 0.251. The lowest BCUT2D eigenvalue weighted by Gasteiger charge is -2.21. The van der Waals surface area contributed by atoms with Crippen LogP contribution in [-0.4, -0.2) is 11.8 Å². The van der Waals surface area contributed by atoms with E-state index in [2.05, 4.69) is 0 Å². The molecule has 0 spiro atoms. The molecule has 0 aromatic carbocycles. The third-order valence-electron chi connectivity index (χ3n) is 2.29. The number of hydrazine groups is 2. The SMILES string of the molecule is NNC(=O)C1=CCCCC1C(=O)NN. The van der Waals surface area contributed by atoms with Crippen LogP contribution in [0.4, 0.5) is 0 Å². The van der Waals surface area contributed by atoms with E-state index in [1.807, 2.05) is 10.9 Å². The Morgan fingerprint density at radius 1 is 1.36 bits per heavy atom. The maximum Gasteiger partial charge on any atom is 0.261 e. The van der Waals surface area contributed by atoms with Crippen molar-refractivity contribution >= 4 is 11.8 Å². The summed E-state index contributed by atoms with van der Waals surface area (Å²) in [5.74, 6) is 8.78. The second-order valence-corrected chi connectivity index (χ2v) is 3.13. The predicted molar refractivity (Wildman–Crippen MR) is 50.1 cm³/mol. The molecule has 0 heterocycles. The molecule has 0 aliphatic heterocycles. The van der Waals surface area contributed by atoms with E-state index in [-0.39, 0.29) is 5.91 Å². The van der Waals surface area contributed by atoms with E-state index in [4.69, 9.17) is 11.7 Å². The summed E-state index contributed by atoms with van der Waals surface area (Å²) in [4.78, 5) is 22.6. The van der Waals surface area contributed by atoms with Gasteiger partial charge >= 0.3 is 0 Å². The Morgan fingerprint density at radius 2 is 2.07 bits per heavy atom. The van der Waals surface area contributed by atoms with Gasteiger partial charge in [0.25, 0.3) is 5.91 Å². The van der Waals surface area contributed by atoms with Crippen LogP contribution in [0.3, 0.4) is 0 Å². The highest BCUT2D eigenvalue weighted by Gasteiger charge is 2.28. The minimum absolute atomic E-state index is 0.348. The van der Waals surface area contributed by atoms with Gasteiger partial charge in [0.2, 0.25) is 5.91 Å². The first kappa shape index (κ1) is 10.7. The molecule has 0 bridgehead atoms. The predicted octanol–water partition coefficient (Wildman–Crippen LogP) is -1.31. The Morgan fingerprint density at radius 3 is 2.64 bits per heavy atom. The van der Waals surface area contributed by atoms with Crippen LogP contribution < -0.4 is 22.5 Å². The number of hydrogen-bond donors (Lipinski definition) is 4. The number of rotatable bonds is 2. The molecule has 78 valence electrons. The van der Waals surface area contributed by atoms with Gasteiger partial charge in [0.1, 0.15) is 0 Å². The lowest BCUT2D eigenvalue weighted by atomic mass is 9.86. The van der Waals surface area contributed by atoms with Crippen LogP contribution in [0.25, 0.3) is 0 Å². The highest BCUT2D eigenvalue weighted by molar-refractivity contribution is 5.99. The molecule has 14 heavy (non-hydrogen) atoms. The normalized spacial score (nSPS) is 21.0. The lowest BCUT2D eigenvalue weighted by molar-refractivity contribution is -0.127. The summed E-state index contributed by atoms with van der Waals surface area (Å²) in [6, 6.07) is 0. The van der Waals surface area contributed by atoms with Crippen molar-refractivity contribution in [3.05, 3.63) is 11.6 Å². The third-order valence-corrected chi connectivity index (χ3v) is 2.29. The fourth-order valence-electron chi connectivity index (χ4n) is 1.58. The average molecular weight is 198 g/mol. The fraction of sp³-hybridized carbons (Fsp3) is 0.500. The number of carbonyl (C=O) groups excluding carboxylic acids is 2. The van der Waals surface area contributed by atoms with Crippen molar-refractivity contribution in [2.75, 3.05) is 0 Å². The summed E-state index contributed by atoms with van der Waals surface area (Å²) in [5, 5.41) is 0. The van der Waals surface area contributed by atoms with E-state index in [0.717, 1.165) is 12.8 Å². The summed E-state index contributed by atoms with van der Waals surface area (Å²) in [6.07, 6.45) is 4.02. The van der Waals surface area contributed by atoms with Crippen LogP contribution in [0.1, 0.15) is 19.3 Å². The van der Waals surface area contributed by atoms with Crippen molar-refractivity contribution in [3.63, 3.8) is 0 Å². The molecular formula is C8H14N4O2. The number of hydrogen-bond acceptors (Lipinski definition) is 4. The van der Waals surface area contributed by atoms with Gasteiger partial charge in [0.15, 0.2) is 0 Å². The highest BCUT2D eigenvalue weighted by Crippen LogP contribution is 2.24. The summed E-state index contributed by atoms with van der Waals surface area (Å²) in [6.45, 7) is 0. The molecule has 0 saturated heterocycles. The number of nitrogens with two attached hydrogens (primary N) is 2. The summed E-state index contributed by atoms with van der Waals surface area (Å²) >= 11 is 0. The maximum atomic E-state index is 11.3. The van der Waals surface area contributed by atoms with Gasteiger partial charge in [-0.25, -0.2) is 11.7 Å². The minimum Gasteiger partial charge on any atom is -0.294 e. The first-order valence-corrected chi connectivity index (χ1v) is 4.42. The van der Waals surface area contributed by atoms with Crippen molar-refractivity contribution < 1.29 is 9.59 Å². The Hall–Kier alpha value is -1.40.